The average molecular weight is 443 g/mol. The number of hydrogen-bond donors (Lipinski definition) is 1. The number of nitrogens with zero attached hydrogens (tertiary/aromatic N) is 1. The van der Waals surface area contributed by atoms with Crippen LogP contribution >= 0.6 is 0 Å². The standard InChI is InChI=1S/C28H27FN2O2/c1-31(20-24-9-4-7-22-6-2-3-11-27(22)24)19-21-12-14-26(15-13-21)33-17-16-30-28(32)23-8-5-10-25(29)18-23/h2-15,18H,16-17,19-20H2,1H3,(H,30,32). The van der Waals surface area contributed by atoms with E-state index in [0.717, 1.165) is 18.8 Å². The summed E-state index contributed by atoms with van der Waals surface area (Å²) in [5.74, 6) is -0.0000971. The maximum atomic E-state index is 13.2. The van der Waals surface area contributed by atoms with E-state index < -0.39 is 5.82 Å². The van der Waals surface area contributed by atoms with Crippen LogP contribution in [0.15, 0.2) is 91.0 Å². The Hall–Kier alpha value is -3.70. The van der Waals surface area contributed by atoms with Gasteiger partial charge in [-0.2, -0.15) is 0 Å². The van der Waals surface area contributed by atoms with Crippen LogP contribution in [-0.2, 0) is 13.1 Å². The first-order valence-electron chi connectivity index (χ1n) is 11.0. The monoisotopic (exact) mass is 442 g/mol. The van der Waals surface area contributed by atoms with Crippen LogP contribution in [0.2, 0.25) is 0 Å². The number of nitrogens with one attached hydrogen (secondary N) is 1. The van der Waals surface area contributed by atoms with Crippen molar-refractivity contribution >= 4 is 16.7 Å². The Morgan fingerprint density at radius 3 is 2.48 bits per heavy atom. The predicted octanol–water partition coefficient (Wildman–Crippen LogP) is 5.42. The largest absolute Gasteiger partial charge is 0.492 e. The molecule has 0 bridgehead atoms. The summed E-state index contributed by atoms with van der Waals surface area (Å²) in [4.78, 5) is 14.3. The summed E-state index contributed by atoms with van der Waals surface area (Å²) in [6.07, 6.45) is 0. The number of benzene rings is 4. The van der Waals surface area contributed by atoms with Crippen molar-refractivity contribution in [1.29, 1.82) is 0 Å². The molecule has 0 aromatic heterocycles. The highest BCUT2D eigenvalue weighted by Crippen LogP contribution is 2.21. The predicted molar refractivity (Wildman–Crippen MR) is 130 cm³/mol. The van der Waals surface area contributed by atoms with Gasteiger partial charge in [0.15, 0.2) is 0 Å². The van der Waals surface area contributed by atoms with Crippen LogP contribution in [0.4, 0.5) is 4.39 Å². The van der Waals surface area contributed by atoms with E-state index in [1.807, 2.05) is 12.1 Å². The Morgan fingerprint density at radius 2 is 1.67 bits per heavy atom. The number of hydrogen-bond acceptors (Lipinski definition) is 3. The van der Waals surface area contributed by atoms with Crippen molar-refractivity contribution in [2.75, 3.05) is 20.2 Å². The summed E-state index contributed by atoms with van der Waals surface area (Å²) in [5, 5.41) is 5.29. The molecule has 168 valence electrons. The second-order valence-electron chi connectivity index (χ2n) is 8.07. The zero-order valence-corrected chi connectivity index (χ0v) is 18.6. The van der Waals surface area contributed by atoms with Gasteiger partial charge in [0.1, 0.15) is 18.2 Å². The number of fused-ring (bicyclic) bond motifs is 1. The molecular formula is C28H27FN2O2. The Kier molecular flexibility index (Phi) is 7.33. The summed E-state index contributed by atoms with van der Waals surface area (Å²) in [6, 6.07) is 28.5. The van der Waals surface area contributed by atoms with Gasteiger partial charge in [-0.05, 0) is 59.3 Å². The van der Waals surface area contributed by atoms with Crippen LogP contribution < -0.4 is 10.1 Å². The minimum absolute atomic E-state index is 0.298. The molecule has 0 heterocycles. The van der Waals surface area contributed by atoms with Crippen molar-refractivity contribution < 1.29 is 13.9 Å². The molecule has 4 rings (SSSR count). The second kappa shape index (κ2) is 10.7. The summed E-state index contributed by atoms with van der Waals surface area (Å²) < 4.78 is 18.9. The van der Waals surface area contributed by atoms with Gasteiger partial charge in [-0.25, -0.2) is 4.39 Å². The van der Waals surface area contributed by atoms with E-state index in [2.05, 4.69) is 71.9 Å². The fraction of sp³-hybridized carbons (Fsp3) is 0.179. The molecule has 0 spiro atoms. The Morgan fingerprint density at radius 1 is 0.909 bits per heavy atom. The van der Waals surface area contributed by atoms with Gasteiger partial charge in [0.2, 0.25) is 0 Å². The number of ether oxygens (including phenoxy) is 1. The number of amides is 1. The van der Waals surface area contributed by atoms with Crippen LogP contribution in [-0.4, -0.2) is 31.0 Å². The molecule has 0 saturated carbocycles. The van der Waals surface area contributed by atoms with E-state index in [1.54, 1.807) is 6.07 Å². The molecule has 4 aromatic carbocycles. The summed E-state index contributed by atoms with van der Waals surface area (Å²) in [7, 11) is 2.12. The lowest BCUT2D eigenvalue weighted by Crippen LogP contribution is -2.28. The fourth-order valence-electron chi connectivity index (χ4n) is 3.85. The smallest absolute Gasteiger partial charge is 0.251 e. The lowest BCUT2D eigenvalue weighted by Gasteiger charge is -2.18. The molecule has 0 saturated heterocycles. The SMILES string of the molecule is CN(Cc1ccc(OCCNC(=O)c2cccc(F)c2)cc1)Cc1cccc2ccccc12. The molecule has 0 aliphatic carbocycles. The Bertz CT molecular complexity index is 1220. The van der Waals surface area contributed by atoms with E-state index in [1.165, 1.54) is 40.1 Å². The molecule has 0 unspecified atom stereocenters. The molecule has 0 aliphatic rings. The van der Waals surface area contributed by atoms with E-state index >= 15 is 0 Å². The molecule has 0 atom stereocenters. The Labute approximate surface area is 193 Å². The van der Waals surface area contributed by atoms with Gasteiger partial charge in [-0.3, -0.25) is 9.69 Å². The van der Waals surface area contributed by atoms with Crippen molar-refractivity contribution in [3.05, 3.63) is 114 Å². The number of rotatable bonds is 9. The number of halogens is 1. The molecule has 1 N–H and O–H groups in total. The minimum atomic E-state index is -0.429. The highest BCUT2D eigenvalue weighted by atomic mass is 19.1. The molecular weight excluding hydrogens is 415 g/mol. The first-order valence-corrected chi connectivity index (χ1v) is 11.0. The van der Waals surface area contributed by atoms with E-state index in [0.29, 0.717) is 18.7 Å². The highest BCUT2D eigenvalue weighted by Gasteiger charge is 2.07. The maximum absolute atomic E-state index is 13.2. The van der Waals surface area contributed by atoms with Gasteiger partial charge in [-0.15, -0.1) is 0 Å². The third-order valence-corrected chi connectivity index (χ3v) is 5.44. The van der Waals surface area contributed by atoms with Crippen LogP contribution in [0.3, 0.4) is 0 Å². The fourth-order valence-corrected chi connectivity index (χ4v) is 3.85. The lowest BCUT2D eigenvalue weighted by molar-refractivity contribution is 0.0946. The van der Waals surface area contributed by atoms with Gasteiger partial charge in [0.05, 0.1) is 6.54 Å². The highest BCUT2D eigenvalue weighted by molar-refractivity contribution is 5.94. The van der Waals surface area contributed by atoms with Gasteiger partial charge >= 0.3 is 0 Å². The summed E-state index contributed by atoms with van der Waals surface area (Å²) in [6.45, 7) is 2.37. The maximum Gasteiger partial charge on any atom is 0.251 e. The number of carbonyl (C=O) groups excluding carboxylic acids is 1. The Balaban J connectivity index is 1.24. The molecule has 4 aromatic rings. The van der Waals surface area contributed by atoms with Gasteiger partial charge < -0.3 is 10.1 Å². The molecule has 1 amide bonds. The topological polar surface area (TPSA) is 41.6 Å². The van der Waals surface area contributed by atoms with E-state index in [4.69, 9.17) is 4.74 Å². The van der Waals surface area contributed by atoms with Crippen molar-refractivity contribution in [3.63, 3.8) is 0 Å². The zero-order chi connectivity index (χ0) is 23.0. The summed E-state index contributed by atoms with van der Waals surface area (Å²) >= 11 is 0. The van der Waals surface area contributed by atoms with Crippen molar-refractivity contribution in [3.8, 4) is 5.75 Å². The van der Waals surface area contributed by atoms with Gasteiger partial charge in [0.25, 0.3) is 5.91 Å². The average Bonchev–Trinajstić information content (AvgIpc) is 2.83. The van der Waals surface area contributed by atoms with Crippen molar-refractivity contribution in [2.24, 2.45) is 0 Å². The quantitative estimate of drug-likeness (QED) is 0.352. The van der Waals surface area contributed by atoms with Crippen molar-refractivity contribution in [1.82, 2.24) is 10.2 Å². The molecule has 4 nitrogen and oxygen atoms in total. The van der Waals surface area contributed by atoms with Crippen LogP contribution in [0, 0.1) is 5.82 Å². The molecule has 33 heavy (non-hydrogen) atoms. The van der Waals surface area contributed by atoms with Crippen molar-refractivity contribution in [2.45, 2.75) is 13.1 Å². The lowest BCUT2D eigenvalue weighted by atomic mass is 10.0. The van der Waals surface area contributed by atoms with E-state index in [9.17, 15) is 9.18 Å². The summed E-state index contributed by atoms with van der Waals surface area (Å²) in [5.41, 5.74) is 2.81. The van der Waals surface area contributed by atoms with Crippen LogP contribution in [0.25, 0.3) is 10.8 Å². The molecule has 0 fully saturated rings. The second-order valence-corrected chi connectivity index (χ2v) is 8.07. The van der Waals surface area contributed by atoms with Crippen LogP contribution in [0.5, 0.6) is 5.75 Å². The van der Waals surface area contributed by atoms with Gasteiger partial charge in [-0.1, -0.05) is 60.7 Å². The normalized spacial score (nSPS) is 11.0. The van der Waals surface area contributed by atoms with E-state index in [-0.39, 0.29) is 5.91 Å². The first-order chi connectivity index (χ1) is 16.1. The third kappa shape index (κ3) is 6.18. The molecule has 0 radical (unpaired) electrons. The molecule has 0 aliphatic heterocycles. The molecule has 5 heteroatoms. The van der Waals surface area contributed by atoms with Crippen LogP contribution in [0.1, 0.15) is 21.5 Å². The first kappa shape index (κ1) is 22.5. The van der Waals surface area contributed by atoms with Gasteiger partial charge in [0, 0.05) is 18.7 Å². The number of carbonyl (C=O) groups is 1. The zero-order valence-electron chi connectivity index (χ0n) is 18.6. The third-order valence-electron chi connectivity index (χ3n) is 5.44. The minimum Gasteiger partial charge on any atom is -0.492 e.